The lowest BCUT2D eigenvalue weighted by Gasteiger charge is -2.24. The van der Waals surface area contributed by atoms with Crippen molar-refractivity contribution >= 4 is 15.6 Å². The Labute approximate surface area is 144 Å². The molecule has 1 atom stereocenters. The largest absolute Gasteiger partial charge is 0.344 e. The lowest BCUT2D eigenvalue weighted by Crippen LogP contribution is -2.33. The van der Waals surface area contributed by atoms with Crippen molar-refractivity contribution in [3.05, 3.63) is 34.7 Å². The van der Waals surface area contributed by atoms with Crippen LogP contribution in [0.2, 0.25) is 0 Å². The van der Waals surface area contributed by atoms with Crippen LogP contribution in [0.3, 0.4) is 0 Å². The smallest absolute Gasteiger partial charge is 0.178 e. The molecular weight excluding hydrogens is 324 g/mol. The molecule has 1 saturated heterocycles. The van der Waals surface area contributed by atoms with E-state index in [1.807, 2.05) is 19.9 Å². The Balaban J connectivity index is 1.77. The number of hydrogen-bond acceptors (Lipinski definition) is 4. The predicted molar refractivity (Wildman–Crippen MR) is 95.4 cm³/mol. The molecule has 132 valence electrons. The minimum Gasteiger partial charge on any atom is -0.344 e. The standard InChI is InChI=1S/C18H26N2O3S/c1-13-4-7-19(8-5-13)11-18(21)17-10-14(2)20(15(17)3)16-6-9-24(22,23)12-16/h4,10,16H,5-9,11-12H2,1-3H3. The summed E-state index contributed by atoms with van der Waals surface area (Å²) in [4.78, 5) is 14.9. The maximum absolute atomic E-state index is 12.7. The van der Waals surface area contributed by atoms with Crippen molar-refractivity contribution in [3.63, 3.8) is 0 Å². The second-order valence-corrected chi connectivity index (χ2v) is 9.40. The highest BCUT2D eigenvalue weighted by Gasteiger charge is 2.31. The Hall–Kier alpha value is -1.40. The first-order chi connectivity index (χ1) is 11.3. The van der Waals surface area contributed by atoms with E-state index < -0.39 is 9.84 Å². The number of carbonyl (C=O) groups excluding carboxylic acids is 1. The summed E-state index contributed by atoms with van der Waals surface area (Å²) in [5, 5.41) is 0. The fourth-order valence-electron chi connectivity index (χ4n) is 3.84. The Kier molecular flexibility index (Phi) is 4.71. The van der Waals surface area contributed by atoms with Crippen LogP contribution in [-0.2, 0) is 9.84 Å². The van der Waals surface area contributed by atoms with Crippen LogP contribution in [-0.4, -0.2) is 54.8 Å². The van der Waals surface area contributed by atoms with Gasteiger partial charge in [-0.25, -0.2) is 8.42 Å². The van der Waals surface area contributed by atoms with Crippen molar-refractivity contribution in [2.75, 3.05) is 31.1 Å². The van der Waals surface area contributed by atoms with Gasteiger partial charge in [-0.05, 0) is 39.7 Å². The van der Waals surface area contributed by atoms with Crippen LogP contribution in [0.1, 0.15) is 47.6 Å². The van der Waals surface area contributed by atoms with E-state index in [2.05, 4.69) is 22.5 Å². The first kappa shape index (κ1) is 17.4. The van der Waals surface area contributed by atoms with Crippen molar-refractivity contribution in [1.29, 1.82) is 0 Å². The summed E-state index contributed by atoms with van der Waals surface area (Å²) in [7, 11) is -2.94. The van der Waals surface area contributed by atoms with E-state index in [4.69, 9.17) is 0 Å². The van der Waals surface area contributed by atoms with E-state index >= 15 is 0 Å². The molecule has 3 heterocycles. The van der Waals surface area contributed by atoms with Crippen LogP contribution in [0.15, 0.2) is 17.7 Å². The van der Waals surface area contributed by atoms with E-state index in [-0.39, 0.29) is 23.3 Å². The average molecular weight is 350 g/mol. The zero-order valence-electron chi connectivity index (χ0n) is 14.7. The maximum Gasteiger partial charge on any atom is 0.178 e. The highest BCUT2D eigenvalue weighted by atomic mass is 32.2. The number of aryl methyl sites for hydroxylation is 1. The molecule has 3 rings (SSSR count). The van der Waals surface area contributed by atoms with Crippen molar-refractivity contribution in [3.8, 4) is 0 Å². The van der Waals surface area contributed by atoms with E-state index in [1.165, 1.54) is 5.57 Å². The van der Waals surface area contributed by atoms with Crippen LogP contribution in [0.5, 0.6) is 0 Å². The highest BCUT2D eigenvalue weighted by Crippen LogP contribution is 2.29. The second-order valence-electron chi connectivity index (χ2n) is 7.17. The van der Waals surface area contributed by atoms with Crippen molar-refractivity contribution < 1.29 is 13.2 Å². The molecule has 0 N–H and O–H groups in total. The van der Waals surface area contributed by atoms with Gasteiger partial charge in [0.25, 0.3) is 0 Å². The zero-order valence-corrected chi connectivity index (χ0v) is 15.5. The maximum atomic E-state index is 12.7. The van der Waals surface area contributed by atoms with E-state index in [0.717, 1.165) is 36.5 Å². The first-order valence-electron chi connectivity index (χ1n) is 8.57. The van der Waals surface area contributed by atoms with Crippen molar-refractivity contribution in [1.82, 2.24) is 9.47 Å². The fourth-order valence-corrected chi connectivity index (χ4v) is 5.54. The number of carbonyl (C=O) groups is 1. The number of hydrogen-bond donors (Lipinski definition) is 0. The Morgan fingerprint density at radius 2 is 2.04 bits per heavy atom. The van der Waals surface area contributed by atoms with E-state index in [9.17, 15) is 13.2 Å². The fraction of sp³-hybridized carbons (Fsp3) is 0.611. The molecular formula is C18H26N2O3S. The normalized spacial score (nSPS) is 24.1. The SMILES string of the molecule is CC1=CCN(CC(=O)c2cc(C)n(C3CCS(=O)(=O)C3)c2C)CC1. The Morgan fingerprint density at radius 1 is 1.29 bits per heavy atom. The van der Waals surface area contributed by atoms with Gasteiger partial charge < -0.3 is 4.57 Å². The lowest BCUT2D eigenvalue weighted by molar-refractivity contribution is 0.0935. The van der Waals surface area contributed by atoms with Gasteiger partial charge in [-0.15, -0.1) is 0 Å². The summed E-state index contributed by atoms with van der Waals surface area (Å²) in [6, 6.07) is 1.89. The molecule has 0 radical (unpaired) electrons. The third-order valence-electron chi connectivity index (χ3n) is 5.25. The van der Waals surface area contributed by atoms with Crippen LogP contribution >= 0.6 is 0 Å². The molecule has 1 aromatic heterocycles. The third-order valence-corrected chi connectivity index (χ3v) is 7.00. The molecule has 1 unspecified atom stereocenters. The van der Waals surface area contributed by atoms with Crippen LogP contribution in [0.25, 0.3) is 0 Å². The Morgan fingerprint density at radius 3 is 2.62 bits per heavy atom. The quantitative estimate of drug-likeness (QED) is 0.617. The van der Waals surface area contributed by atoms with Crippen LogP contribution < -0.4 is 0 Å². The molecule has 0 aliphatic carbocycles. The van der Waals surface area contributed by atoms with Crippen LogP contribution in [0, 0.1) is 13.8 Å². The molecule has 0 aromatic carbocycles. The van der Waals surface area contributed by atoms with Gasteiger partial charge >= 0.3 is 0 Å². The van der Waals surface area contributed by atoms with E-state index in [1.54, 1.807) is 0 Å². The average Bonchev–Trinajstić information content (AvgIpc) is 3.00. The topological polar surface area (TPSA) is 59.4 Å². The number of sulfone groups is 1. The third kappa shape index (κ3) is 3.49. The summed E-state index contributed by atoms with van der Waals surface area (Å²) in [5.74, 6) is 0.563. The number of ketones is 1. The summed E-state index contributed by atoms with van der Waals surface area (Å²) < 4.78 is 25.6. The van der Waals surface area contributed by atoms with Gasteiger partial charge in [0.05, 0.1) is 18.1 Å². The molecule has 0 amide bonds. The van der Waals surface area contributed by atoms with Gasteiger partial charge in [0.2, 0.25) is 0 Å². The summed E-state index contributed by atoms with van der Waals surface area (Å²) >= 11 is 0. The number of rotatable bonds is 4. The van der Waals surface area contributed by atoms with Gasteiger partial charge in [-0.2, -0.15) is 0 Å². The molecule has 5 nitrogen and oxygen atoms in total. The molecule has 0 bridgehead atoms. The monoisotopic (exact) mass is 350 g/mol. The predicted octanol–water partition coefficient (Wildman–Crippen LogP) is 2.30. The van der Waals surface area contributed by atoms with Gasteiger partial charge in [0.15, 0.2) is 15.6 Å². The molecule has 0 saturated carbocycles. The van der Waals surface area contributed by atoms with Crippen molar-refractivity contribution in [2.45, 2.75) is 39.7 Å². The van der Waals surface area contributed by atoms with E-state index in [0.29, 0.717) is 13.0 Å². The summed E-state index contributed by atoms with van der Waals surface area (Å²) in [6.45, 7) is 8.21. The molecule has 1 aromatic rings. The minimum atomic E-state index is -2.94. The molecule has 0 spiro atoms. The summed E-state index contributed by atoms with van der Waals surface area (Å²) in [6.07, 6.45) is 3.85. The molecule has 2 aliphatic rings. The molecule has 24 heavy (non-hydrogen) atoms. The van der Waals surface area contributed by atoms with Gasteiger partial charge in [-0.1, -0.05) is 11.6 Å². The molecule has 2 aliphatic heterocycles. The van der Waals surface area contributed by atoms with Gasteiger partial charge in [0.1, 0.15) is 0 Å². The Bertz CT molecular complexity index is 789. The van der Waals surface area contributed by atoms with Gasteiger partial charge in [-0.3, -0.25) is 9.69 Å². The summed E-state index contributed by atoms with van der Waals surface area (Å²) in [5.41, 5.74) is 4.01. The number of nitrogens with zero attached hydrogens (tertiary/aromatic N) is 2. The zero-order chi connectivity index (χ0) is 17.5. The highest BCUT2D eigenvalue weighted by molar-refractivity contribution is 7.91. The van der Waals surface area contributed by atoms with Crippen molar-refractivity contribution in [2.24, 2.45) is 0 Å². The van der Waals surface area contributed by atoms with Crippen LogP contribution in [0.4, 0.5) is 0 Å². The lowest BCUT2D eigenvalue weighted by atomic mass is 10.1. The van der Waals surface area contributed by atoms with Gasteiger partial charge in [0, 0.05) is 36.1 Å². The number of Topliss-reactive ketones (excluding diaryl/α,β-unsaturated/α-hetero) is 1. The second kappa shape index (κ2) is 6.48. The molecule has 6 heteroatoms. The number of aromatic nitrogens is 1. The first-order valence-corrected chi connectivity index (χ1v) is 10.4. The minimum absolute atomic E-state index is 0.0304. The molecule has 1 fully saturated rings.